The van der Waals surface area contributed by atoms with Crippen LogP contribution in [0.5, 0.6) is 0 Å². The van der Waals surface area contributed by atoms with E-state index in [2.05, 4.69) is 20.9 Å². The molecule has 2 heterocycles. The van der Waals surface area contributed by atoms with E-state index in [1.54, 1.807) is 6.92 Å². The summed E-state index contributed by atoms with van der Waals surface area (Å²) in [6.45, 7) is 5.49. The number of imidazole rings is 1. The first kappa shape index (κ1) is 9.86. The molecule has 0 aliphatic rings. The molecule has 14 heavy (non-hydrogen) atoms. The lowest BCUT2D eigenvalue weighted by Gasteiger charge is -1.97. The largest absolute Gasteiger partial charge is 0.293 e. The fourth-order valence-corrected chi connectivity index (χ4v) is 3.31. The zero-order valence-electron chi connectivity index (χ0n) is 8.09. The lowest BCUT2D eigenvalue weighted by Crippen LogP contribution is -2.00. The van der Waals surface area contributed by atoms with Gasteiger partial charge >= 0.3 is 0 Å². The van der Waals surface area contributed by atoms with Crippen molar-refractivity contribution in [3.05, 3.63) is 20.9 Å². The number of aryl methyl sites for hydroxylation is 2. The lowest BCUT2D eigenvalue weighted by molar-refractivity contribution is 0.101. The number of hydrogen-bond donors (Lipinski definition) is 0. The first-order valence-corrected chi connectivity index (χ1v) is 5.78. The quantitative estimate of drug-likeness (QED) is 0.748. The van der Waals surface area contributed by atoms with Crippen LogP contribution in [-0.2, 0) is 0 Å². The number of Topliss-reactive ketones (excluding diaryl/α,β-unsaturated/α-hetero) is 1. The van der Waals surface area contributed by atoms with Gasteiger partial charge in [-0.25, -0.2) is 4.98 Å². The van der Waals surface area contributed by atoms with Crippen molar-refractivity contribution in [1.29, 1.82) is 0 Å². The smallest absolute Gasteiger partial charge is 0.195 e. The van der Waals surface area contributed by atoms with E-state index >= 15 is 0 Å². The van der Waals surface area contributed by atoms with E-state index in [0.29, 0.717) is 5.69 Å². The number of aromatic nitrogens is 2. The molecule has 0 saturated heterocycles. The average molecular weight is 273 g/mol. The molecule has 0 fully saturated rings. The molecule has 5 heteroatoms. The summed E-state index contributed by atoms with van der Waals surface area (Å²) < 4.78 is 2.77. The summed E-state index contributed by atoms with van der Waals surface area (Å²) in [5.74, 6) is 0.0589. The van der Waals surface area contributed by atoms with Gasteiger partial charge in [0.2, 0.25) is 0 Å². The van der Waals surface area contributed by atoms with Crippen molar-refractivity contribution in [1.82, 2.24) is 9.38 Å². The molecule has 2 rings (SSSR count). The maximum absolute atomic E-state index is 11.4. The number of nitrogens with zero attached hydrogens (tertiary/aromatic N) is 2. The van der Waals surface area contributed by atoms with Crippen molar-refractivity contribution < 1.29 is 4.79 Å². The molecule has 2 aromatic rings. The minimum absolute atomic E-state index is 0.0589. The third-order valence-electron chi connectivity index (χ3n) is 2.24. The number of halogens is 1. The molecule has 0 aliphatic heterocycles. The molecule has 0 unspecified atom stereocenters. The Hall–Kier alpha value is -0.680. The predicted molar refractivity (Wildman–Crippen MR) is 60.2 cm³/mol. The first-order valence-electron chi connectivity index (χ1n) is 4.17. The Kier molecular flexibility index (Phi) is 2.23. The molecule has 74 valence electrons. The van der Waals surface area contributed by atoms with E-state index in [-0.39, 0.29) is 5.78 Å². The topological polar surface area (TPSA) is 34.4 Å². The highest BCUT2D eigenvalue weighted by atomic mass is 79.9. The number of carbonyl (C=O) groups excluding carboxylic acids is 1. The maximum atomic E-state index is 11.4. The minimum Gasteiger partial charge on any atom is -0.293 e. The minimum atomic E-state index is 0.0589. The van der Waals surface area contributed by atoms with Crippen LogP contribution in [0.25, 0.3) is 4.96 Å². The molecular weight excluding hydrogens is 264 g/mol. The molecule has 0 bridgehead atoms. The second kappa shape index (κ2) is 3.17. The molecule has 0 saturated carbocycles. The van der Waals surface area contributed by atoms with Gasteiger partial charge in [-0.1, -0.05) is 11.3 Å². The summed E-state index contributed by atoms with van der Waals surface area (Å²) in [5, 5.41) is 0. The van der Waals surface area contributed by atoms with E-state index in [0.717, 1.165) is 20.1 Å². The summed E-state index contributed by atoms with van der Waals surface area (Å²) in [6, 6.07) is 0. The summed E-state index contributed by atoms with van der Waals surface area (Å²) in [4.78, 5) is 16.7. The van der Waals surface area contributed by atoms with E-state index in [1.165, 1.54) is 11.3 Å². The van der Waals surface area contributed by atoms with Crippen LogP contribution >= 0.6 is 27.3 Å². The Morgan fingerprint density at radius 3 is 2.71 bits per heavy atom. The van der Waals surface area contributed by atoms with Crippen LogP contribution < -0.4 is 0 Å². The number of ketones is 1. The predicted octanol–water partition coefficient (Wildman–Crippen LogP) is 2.98. The van der Waals surface area contributed by atoms with Crippen LogP contribution in [0.1, 0.15) is 28.8 Å². The fourth-order valence-electron chi connectivity index (χ4n) is 1.42. The standard InChI is InChI=1S/C9H9BrN2OS/c1-4-5(2)12-7(6(3)13)8(10)14-9(12)11-4/h1-3H3. The van der Waals surface area contributed by atoms with Crippen molar-refractivity contribution in [2.45, 2.75) is 20.8 Å². The van der Waals surface area contributed by atoms with Crippen molar-refractivity contribution in [3.63, 3.8) is 0 Å². The molecule has 3 nitrogen and oxygen atoms in total. The average Bonchev–Trinajstić information content (AvgIpc) is 2.51. The van der Waals surface area contributed by atoms with Crippen LogP contribution in [0.2, 0.25) is 0 Å². The van der Waals surface area contributed by atoms with Gasteiger partial charge in [0.15, 0.2) is 10.7 Å². The molecule has 0 amide bonds. The van der Waals surface area contributed by atoms with E-state index in [1.807, 2.05) is 18.2 Å². The van der Waals surface area contributed by atoms with Gasteiger partial charge in [-0.05, 0) is 29.8 Å². The number of hydrogen-bond acceptors (Lipinski definition) is 3. The van der Waals surface area contributed by atoms with Crippen LogP contribution in [-0.4, -0.2) is 15.2 Å². The molecule has 0 radical (unpaired) electrons. The van der Waals surface area contributed by atoms with Gasteiger partial charge in [0, 0.05) is 12.6 Å². The van der Waals surface area contributed by atoms with Crippen LogP contribution in [0.3, 0.4) is 0 Å². The zero-order valence-corrected chi connectivity index (χ0v) is 10.5. The van der Waals surface area contributed by atoms with Gasteiger partial charge in [0.1, 0.15) is 9.48 Å². The van der Waals surface area contributed by atoms with Gasteiger partial charge in [-0.15, -0.1) is 0 Å². The van der Waals surface area contributed by atoms with Gasteiger partial charge in [-0.3, -0.25) is 9.20 Å². The van der Waals surface area contributed by atoms with E-state index in [9.17, 15) is 4.79 Å². The highest BCUT2D eigenvalue weighted by molar-refractivity contribution is 9.11. The number of rotatable bonds is 1. The third kappa shape index (κ3) is 1.23. The Labute approximate surface area is 93.9 Å². The second-order valence-electron chi connectivity index (χ2n) is 3.18. The molecule has 0 atom stereocenters. The van der Waals surface area contributed by atoms with Crippen molar-refractivity contribution in [2.24, 2.45) is 0 Å². The number of carbonyl (C=O) groups is 1. The summed E-state index contributed by atoms with van der Waals surface area (Å²) >= 11 is 4.87. The highest BCUT2D eigenvalue weighted by Gasteiger charge is 2.18. The maximum Gasteiger partial charge on any atom is 0.195 e. The fraction of sp³-hybridized carbons (Fsp3) is 0.333. The molecule has 0 aromatic carbocycles. The van der Waals surface area contributed by atoms with E-state index < -0.39 is 0 Å². The number of fused-ring (bicyclic) bond motifs is 1. The van der Waals surface area contributed by atoms with Gasteiger partial charge in [-0.2, -0.15) is 0 Å². The Morgan fingerprint density at radius 1 is 1.50 bits per heavy atom. The summed E-state index contributed by atoms with van der Waals surface area (Å²) in [6.07, 6.45) is 0. The van der Waals surface area contributed by atoms with Crippen LogP contribution in [0.15, 0.2) is 3.79 Å². The van der Waals surface area contributed by atoms with Gasteiger partial charge < -0.3 is 0 Å². The Balaban J connectivity index is 2.91. The molecular formula is C9H9BrN2OS. The van der Waals surface area contributed by atoms with Crippen LogP contribution in [0, 0.1) is 13.8 Å². The Bertz CT molecular complexity index is 526. The molecule has 0 aliphatic carbocycles. The van der Waals surface area contributed by atoms with Crippen molar-refractivity contribution in [2.75, 3.05) is 0 Å². The molecule has 2 aromatic heterocycles. The molecule has 0 N–H and O–H groups in total. The lowest BCUT2D eigenvalue weighted by atomic mass is 10.3. The highest BCUT2D eigenvalue weighted by Crippen LogP contribution is 2.30. The summed E-state index contributed by atoms with van der Waals surface area (Å²) in [5.41, 5.74) is 2.71. The summed E-state index contributed by atoms with van der Waals surface area (Å²) in [7, 11) is 0. The van der Waals surface area contributed by atoms with Crippen molar-refractivity contribution in [3.8, 4) is 0 Å². The Morgan fingerprint density at radius 2 is 2.14 bits per heavy atom. The van der Waals surface area contributed by atoms with Crippen LogP contribution in [0.4, 0.5) is 0 Å². The monoisotopic (exact) mass is 272 g/mol. The van der Waals surface area contributed by atoms with Gasteiger partial charge in [0.05, 0.1) is 5.69 Å². The van der Waals surface area contributed by atoms with E-state index in [4.69, 9.17) is 0 Å². The molecule has 0 spiro atoms. The number of thiazole rings is 1. The first-order chi connectivity index (χ1) is 6.52. The van der Waals surface area contributed by atoms with Crippen molar-refractivity contribution >= 4 is 38.0 Å². The third-order valence-corrected chi connectivity index (χ3v) is 3.93. The zero-order chi connectivity index (χ0) is 10.5. The van der Waals surface area contributed by atoms with Gasteiger partial charge in [0.25, 0.3) is 0 Å². The normalized spacial score (nSPS) is 11.1. The SMILES string of the molecule is CC(=O)c1c(Br)sc2nc(C)c(C)n12. The second-order valence-corrected chi connectivity index (χ2v) is 5.48.